The summed E-state index contributed by atoms with van der Waals surface area (Å²) in [6, 6.07) is 25.5. The summed E-state index contributed by atoms with van der Waals surface area (Å²) in [7, 11) is 2.97. The van der Waals surface area contributed by atoms with Crippen LogP contribution in [0.1, 0.15) is 11.1 Å². The molecule has 5 nitrogen and oxygen atoms in total. The van der Waals surface area contributed by atoms with Crippen molar-refractivity contribution in [3.05, 3.63) is 90.0 Å². The first-order chi connectivity index (χ1) is 13.7. The van der Waals surface area contributed by atoms with Gasteiger partial charge in [0.15, 0.2) is 5.71 Å². The molecule has 0 saturated heterocycles. The molecule has 0 spiro atoms. The summed E-state index contributed by atoms with van der Waals surface area (Å²) in [5.41, 5.74) is 3.93. The van der Waals surface area contributed by atoms with Crippen molar-refractivity contribution >= 4 is 11.6 Å². The van der Waals surface area contributed by atoms with Gasteiger partial charge in [-0.1, -0.05) is 71.9 Å². The minimum absolute atomic E-state index is 0.210. The topological polar surface area (TPSA) is 59.9 Å². The lowest BCUT2D eigenvalue weighted by Gasteiger charge is -2.13. The number of oxime groups is 1. The molecule has 0 saturated carbocycles. The van der Waals surface area contributed by atoms with Gasteiger partial charge < -0.3 is 14.9 Å². The Bertz CT molecular complexity index is 968. The molecule has 3 aromatic carbocycles. The Kier molecular flexibility index (Phi) is 6.41. The van der Waals surface area contributed by atoms with E-state index >= 15 is 0 Å². The average molecular weight is 374 g/mol. The Labute approximate surface area is 164 Å². The van der Waals surface area contributed by atoms with E-state index in [-0.39, 0.29) is 11.6 Å². The quantitative estimate of drug-likeness (QED) is 0.502. The van der Waals surface area contributed by atoms with Crippen LogP contribution >= 0.6 is 0 Å². The third-order valence-corrected chi connectivity index (χ3v) is 4.23. The number of likely N-dealkylation sites (N-methyl/N-ethyl adjacent to an activating group) is 1. The summed E-state index contributed by atoms with van der Waals surface area (Å²) in [4.78, 5) is 17.0. The molecule has 0 aliphatic carbocycles. The molecule has 0 unspecified atom stereocenters. The molecular weight excluding hydrogens is 352 g/mol. The summed E-state index contributed by atoms with van der Waals surface area (Å²) in [6.45, 7) is 0.300. The Morgan fingerprint density at radius 3 is 2.39 bits per heavy atom. The SMILES string of the molecule is CNC(=O)C(=NOC)c1ccccc1COc1cccc(-c2ccccc2)c1. The molecule has 0 fully saturated rings. The minimum Gasteiger partial charge on any atom is -0.489 e. The van der Waals surface area contributed by atoms with E-state index in [0.29, 0.717) is 12.2 Å². The maximum atomic E-state index is 12.2. The molecule has 0 aliphatic rings. The van der Waals surface area contributed by atoms with E-state index in [0.717, 1.165) is 22.4 Å². The lowest BCUT2D eigenvalue weighted by molar-refractivity contribution is -0.114. The predicted octanol–water partition coefficient (Wildman–Crippen LogP) is 4.03. The van der Waals surface area contributed by atoms with Gasteiger partial charge >= 0.3 is 0 Å². The highest BCUT2D eigenvalue weighted by Crippen LogP contribution is 2.24. The summed E-state index contributed by atoms with van der Waals surface area (Å²) in [5.74, 6) is 0.432. The number of rotatable bonds is 7. The first-order valence-corrected chi connectivity index (χ1v) is 8.92. The zero-order chi connectivity index (χ0) is 19.8. The number of amides is 1. The number of ether oxygens (including phenoxy) is 1. The summed E-state index contributed by atoms with van der Waals surface area (Å²) >= 11 is 0. The van der Waals surface area contributed by atoms with Gasteiger partial charge in [0.25, 0.3) is 5.91 Å². The largest absolute Gasteiger partial charge is 0.489 e. The summed E-state index contributed by atoms with van der Waals surface area (Å²) in [6.07, 6.45) is 0. The number of nitrogens with one attached hydrogen (secondary N) is 1. The first-order valence-electron chi connectivity index (χ1n) is 8.92. The fraction of sp³-hybridized carbons (Fsp3) is 0.130. The standard InChI is InChI=1S/C23H22N2O3/c1-24-23(26)22(25-27-2)21-14-7-6-11-19(21)16-28-20-13-8-12-18(15-20)17-9-4-3-5-10-17/h3-15H,16H2,1-2H3,(H,24,26). The molecule has 28 heavy (non-hydrogen) atoms. The van der Waals surface area contributed by atoms with Gasteiger partial charge in [0.1, 0.15) is 19.5 Å². The molecule has 0 atom stereocenters. The van der Waals surface area contributed by atoms with Crippen molar-refractivity contribution in [1.82, 2.24) is 5.32 Å². The van der Waals surface area contributed by atoms with Gasteiger partial charge in [-0.2, -0.15) is 0 Å². The number of hydrogen-bond acceptors (Lipinski definition) is 4. The second-order valence-electron chi connectivity index (χ2n) is 6.04. The molecule has 142 valence electrons. The van der Waals surface area contributed by atoms with E-state index in [2.05, 4.69) is 22.6 Å². The fourth-order valence-corrected chi connectivity index (χ4v) is 2.86. The van der Waals surface area contributed by atoms with Gasteiger partial charge in [0.05, 0.1) is 0 Å². The van der Waals surface area contributed by atoms with Gasteiger partial charge in [0, 0.05) is 12.6 Å². The fourth-order valence-electron chi connectivity index (χ4n) is 2.86. The first kappa shape index (κ1) is 19.2. The van der Waals surface area contributed by atoms with Gasteiger partial charge in [-0.25, -0.2) is 0 Å². The van der Waals surface area contributed by atoms with Crippen molar-refractivity contribution in [2.75, 3.05) is 14.2 Å². The Morgan fingerprint density at radius 1 is 0.929 bits per heavy atom. The second-order valence-corrected chi connectivity index (χ2v) is 6.04. The van der Waals surface area contributed by atoms with E-state index in [1.54, 1.807) is 7.05 Å². The molecule has 1 N–H and O–H groups in total. The molecule has 0 radical (unpaired) electrons. The highest BCUT2D eigenvalue weighted by molar-refractivity contribution is 6.45. The maximum absolute atomic E-state index is 12.2. The van der Waals surface area contributed by atoms with Crippen molar-refractivity contribution in [3.8, 4) is 16.9 Å². The molecule has 0 heterocycles. The van der Waals surface area contributed by atoms with Crippen LogP contribution < -0.4 is 10.1 Å². The molecule has 1 amide bonds. The van der Waals surface area contributed by atoms with Crippen LogP contribution in [0.15, 0.2) is 84.0 Å². The summed E-state index contributed by atoms with van der Waals surface area (Å²) in [5, 5.41) is 6.47. The maximum Gasteiger partial charge on any atom is 0.273 e. The van der Waals surface area contributed by atoms with Crippen molar-refractivity contribution < 1.29 is 14.4 Å². The van der Waals surface area contributed by atoms with Crippen LogP contribution in [0.3, 0.4) is 0 Å². The van der Waals surface area contributed by atoms with Crippen LogP contribution in [-0.2, 0) is 16.2 Å². The van der Waals surface area contributed by atoms with Crippen LogP contribution in [0.5, 0.6) is 5.75 Å². The third-order valence-electron chi connectivity index (χ3n) is 4.23. The molecule has 0 aliphatic heterocycles. The monoisotopic (exact) mass is 374 g/mol. The zero-order valence-electron chi connectivity index (χ0n) is 15.9. The molecule has 0 bridgehead atoms. The lowest BCUT2D eigenvalue weighted by atomic mass is 10.0. The molecule has 0 aromatic heterocycles. The zero-order valence-corrected chi connectivity index (χ0v) is 15.9. The van der Waals surface area contributed by atoms with E-state index in [4.69, 9.17) is 9.57 Å². The Morgan fingerprint density at radius 2 is 1.64 bits per heavy atom. The minimum atomic E-state index is -0.319. The van der Waals surface area contributed by atoms with Crippen LogP contribution in [0.2, 0.25) is 0 Å². The highest BCUT2D eigenvalue weighted by Gasteiger charge is 2.17. The number of carbonyl (C=O) groups excluding carboxylic acids is 1. The van der Waals surface area contributed by atoms with Crippen molar-refractivity contribution in [3.63, 3.8) is 0 Å². The van der Waals surface area contributed by atoms with Gasteiger partial charge in [-0.15, -0.1) is 0 Å². The number of carbonyl (C=O) groups is 1. The Hall–Kier alpha value is -3.60. The normalized spacial score (nSPS) is 11.0. The van der Waals surface area contributed by atoms with E-state index < -0.39 is 0 Å². The highest BCUT2D eigenvalue weighted by atomic mass is 16.6. The predicted molar refractivity (Wildman–Crippen MR) is 110 cm³/mol. The van der Waals surface area contributed by atoms with Crippen LogP contribution in [0, 0.1) is 0 Å². The molecule has 5 heteroatoms. The molecule has 3 aromatic rings. The van der Waals surface area contributed by atoms with Crippen LogP contribution in [0.4, 0.5) is 0 Å². The summed E-state index contributed by atoms with van der Waals surface area (Å²) < 4.78 is 6.01. The van der Waals surface area contributed by atoms with Crippen molar-refractivity contribution in [1.29, 1.82) is 0 Å². The molecular formula is C23H22N2O3. The second kappa shape index (κ2) is 9.37. The van der Waals surface area contributed by atoms with E-state index in [1.165, 1.54) is 7.11 Å². The van der Waals surface area contributed by atoms with Gasteiger partial charge in [-0.3, -0.25) is 4.79 Å². The van der Waals surface area contributed by atoms with Crippen LogP contribution in [-0.4, -0.2) is 25.8 Å². The average Bonchev–Trinajstić information content (AvgIpc) is 2.76. The van der Waals surface area contributed by atoms with Crippen molar-refractivity contribution in [2.45, 2.75) is 6.61 Å². The smallest absolute Gasteiger partial charge is 0.273 e. The van der Waals surface area contributed by atoms with Crippen molar-refractivity contribution in [2.24, 2.45) is 5.16 Å². The number of hydrogen-bond donors (Lipinski definition) is 1. The molecule has 3 rings (SSSR count). The number of benzene rings is 3. The lowest BCUT2D eigenvalue weighted by Crippen LogP contribution is -2.29. The van der Waals surface area contributed by atoms with Gasteiger partial charge in [0.2, 0.25) is 0 Å². The third kappa shape index (κ3) is 4.57. The van der Waals surface area contributed by atoms with Crippen LogP contribution in [0.25, 0.3) is 11.1 Å². The van der Waals surface area contributed by atoms with E-state index in [1.807, 2.05) is 66.7 Å². The van der Waals surface area contributed by atoms with Gasteiger partial charge in [-0.05, 0) is 28.8 Å². The Balaban J connectivity index is 1.83. The van der Waals surface area contributed by atoms with E-state index in [9.17, 15) is 4.79 Å². The number of nitrogens with zero attached hydrogens (tertiary/aromatic N) is 1.